The molecular weight excluding hydrogens is 174 g/mol. The van der Waals surface area contributed by atoms with Crippen LogP contribution in [0.2, 0.25) is 0 Å². The van der Waals surface area contributed by atoms with Crippen LogP contribution in [0.4, 0.5) is 0 Å². The van der Waals surface area contributed by atoms with Crippen LogP contribution in [0.3, 0.4) is 0 Å². The molecule has 0 saturated carbocycles. The summed E-state index contributed by atoms with van der Waals surface area (Å²) in [6.07, 6.45) is 1.11. The van der Waals surface area contributed by atoms with Gasteiger partial charge in [0.15, 0.2) is 0 Å². The van der Waals surface area contributed by atoms with Crippen molar-refractivity contribution < 1.29 is 4.42 Å². The molecule has 2 nitrogen and oxygen atoms in total. The van der Waals surface area contributed by atoms with Gasteiger partial charge in [-0.1, -0.05) is 19.1 Å². The summed E-state index contributed by atoms with van der Waals surface area (Å²) < 4.78 is 5.58. The summed E-state index contributed by atoms with van der Waals surface area (Å²) >= 11 is 0. The maximum absolute atomic E-state index is 5.58. The molecule has 14 heavy (non-hydrogen) atoms. The topological polar surface area (TPSA) is 25.2 Å². The van der Waals surface area contributed by atoms with Crippen LogP contribution in [0.5, 0.6) is 0 Å². The number of rotatable bonds is 5. The molecular formula is C12H19NO. The van der Waals surface area contributed by atoms with E-state index in [9.17, 15) is 0 Å². The summed E-state index contributed by atoms with van der Waals surface area (Å²) in [6, 6.07) is 4.15. The van der Waals surface area contributed by atoms with Crippen molar-refractivity contribution in [3.63, 3.8) is 0 Å². The monoisotopic (exact) mass is 193 g/mol. The second-order valence-corrected chi connectivity index (χ2v) is 3.68. The summed E-state index contributed by atoms with van der Waals surface area (Å²) in [5.41, 5.74) is 1.09. The van der Waals surface area contributed by atoms with E-state index < -0.39 is 0 Å². The summed E-state index contributed by atoms with van der Waals surface area (Å²) in [7, 11) is 0. The fraction of sp³-hybridized carbons (Fsp3) is 0.500. The first-order valence-electron chi connectivity index (χ1n) is 5.10. The Morgan fingerprint density at radius 3 is 2.71 bits per heavy atom. The zero-order valence-corrected chi connectivity index (χ0v) is 9.26. The highest BCUT2D eigenvalue weighted by Gasteiger charge is 2.14. The fourth-order valence-electron chi connectivity index (χ4n) is 1.41. The lowest BCUT2D eigenvalue weighted by molar-refractivity contribution is 0.427. The van der Waals surface area contributed by atoms with E-state index in [1.54, 1.807) is 0 Å². The van der Waals surface area contributed by atoms with Gasteiger partial charge < -0.3 is 9.73 Å². The van der Waals surface area contributed by atoms with E-state index in [4.69, 9.17) is 4.42 Å². The van der Waals surface area contributed by atoms with Crippen LogP contribution in [0.25, 0.3) is 0 Å². The van der Waals surface area contributed by atoms with Crippen LogP contribution in [0, 0.1) is 6.92 Å². The Labute approximate surface area is 86.0 Å². The highest BCUT2D eigenvalue weighted by molar-refractivity contribution is 5.18. The number of hydrogen-bond acceptors (Lipinski definition) is 2. The Morgan fingerprint density at radius 2 is 2.29 bits per heavy atom. The molecule has 0 aliphatic carbocycles. The van der Waals surface area contributed by atoms with Crippen molar-refractivity contribution in [1.29, 1.82) is 0 Å². The lowest BCUT2D eigenvalue weighted by Crippen LogP contribution is -2.22. The molecule has 1 unspecified atom stereocenters. The second-order valence-electron chi connectivity index (χ2n) is 3.68. The lowest BCUT2D eigenvalue weighted by atomic mass is 10.1. The Balaban J connectivity index is 2.72. The minimum atomic E-state index is 0.156. The minimum absolute atomic E-state index is 0.156. The zero-order chi connectivity index (χ0) is 10.6. The molecule has 1 N–H and O–H groups in total. The first-order chi connectivity index (χ1) is 6.65. The molecule has 0 spiro atoms. The van der Waals surface area contributed by atoms with Gasteiger partial charge in [0.05, 0.1) is 6.04 Å². The van der Waals surface area contributed by atoms with Gasteiger partial charge in [0.25, 0.3) is 0 Å². The van der Waals surface area contributed by atoms with Crippen molar-refractivity contribution in [2.24, 2.45) is 0 Å². The first kappa shape index (κ1) is 11.1. The Morgan fingerprint density at radius 1 is 1.57 bits per heavy atom. The van der Waals surface area contributed by atoms with Crippen molar-refractivity contribution in [3.8, 4) is 0 Å². The molecule has 1 heterocycles. The van der Waals surface area contributed by atoms with Crippen molar-refractivity contribution in [3.05, 3.63) is 35.8 Å². The van der Waals surface area contributed by atoms with Crippen LogP contribution >= 0.6 is 0 Å². The van der Waals surface area contributed by atoms with Gasteiger partial charge in [-0.25, -0.2) is 0 Å². The van der Waals surface area contributed by atoms with Crippen molar-refractivity contribution in [2.75, 3.05) is 6.54 Å². The van der Waals surface area contributed by atoms with Crippen LogP contribution in [0.1, 0.15) is 37.8 Å². The zero-order valence-electron chi connectivity index (χ0n) is 9.26. The molecule has 1 aromatic heterocycles. The van der Waals surface area contributed by atoms with Crippen molar-refractivity contribution >= 4 is 0 Å². The van der Waals surface area contributed by atoms with E-state index in [0.717, 1.165) is 30.1 Å². The minimum Gasteiger partial charge on any atom is -0.464 e. The summed E-state index contributed by atoms with van der Waals surface area (Å²) in [5.74, 6) is 1.91. The van der Waals surface area contributed by atoms with E-state index in [1.165, 1.54) is 0 Å². The standard InChI is InChI=1S/C12H19NO/c1-5-8-13-12(9(2)3)11-7-6-10(4)14-11/h6-7,12-13H,2,5,8H2,1,3-4H3. The second kappa shape index (κ2) is 5.01. The van der Waals surface area contributed by atoms with Gasteiger partial charge in [-0.15, -0.1) is 0 Å². The predicted molar refractivity (Wildman–Crippen MR) is 59.3 cm³/mol. The third kappa shape index (κ3) is 2.74. The molecule has 78 valence electrons. The van der Waals surface area contributed by atoms with Gasteiger partial charge in [0.2, 0.25) is 0 Å². The normalized spacial score (nSPS) is 12.8. The van der Waals surface area contributed by atoms with Crippen LogP contribution in [-0.4, -0.2) is 6.54 Å². The predicted octanol–water partition coefficient (Wildman–Crippen LogP) is 3.20. The highest BCUT2D eigenvalue weighted by atomic mass is 16.3. The maximum Gasteiger partial charge on any atom is 0.125 e. The molecule has 1 atom stereocenters. The third-order valence-corrected chi connectivity index (χ3v) is 2.14. The van der Waals surface area contributed by atoms with Crippen molar-refractivity contribution in [2.45, 2.75) is 33.2 Å². The van der Waals surface area contributed by atoms with E-state index in [2.05, 4.69) is 18.8 Å². The van der Waals surface area contributed by atoms with Gasteiger partial charge >= 0.3 is 0 Å². The van der Waals surface area contributed by atoms with Crippen molar-refractivity contribution in [1.82, 2.24) is 5.32 Å². The largest absolute Gasteiger partial charge is 0.464 e. The molecule has 0 aromatic carbocycles. The summed E-state index contributed by atoms with van der Waals surface area (Å²) in [5, 5.41) is 3.41. The number of furan rings is 1. The van der Waals surface area contributed by atoms with E-state index in [1.807, 2.05) is 26.0 Å². The molecule has 0 radical (unpaired) electrons. The summed E-state index contributed by atoms with van der Waals surface area (Å²) in [4.78, 5) is 0. The molecule has 1 rings (SSSR count). The third-order valence-electron chi connectivity index (χ3n) is 2.14. The van der Waals surface area contributed by atoms with E-state index >= 15 is 0 Å². The van der Waals surface area contributed by atoms with E-state index in [0.29, 0.717) is 0 Å². The first-order valence-corrected chi connectivity index (χ1v) is 5.10. The quantitative estimate of drug-likeness (QED) is 0.726. The number of hydrogen-bond donors (Lipinski definition) is 1. The molecule has 2 heteroatoms. The van der Waals surface area contributed by atoms with E-state index in [-0.39, 0.29) is 6.04 Å². The van der Waals surface area contributed by atoms with Gasteiger partial charge in [0.1, 0.15) is 11.5 Å². The molecule has 1 aromatic rings. The average molecular weight is 193 g/mol. The fourth-order valence-corrected chi connectivity index (χ4v) is 1.41. The van der Waals surface area contributed by atoms with Crippen LogP contribution < -0.4 is 5.32 Å². The molecule has 0 aliphatic heterocycles. The van der Waals surface area contributed by atoms with Gasteiger partial charge in [-0.2, -0.15) is 0 Å². The Bertz CT molecular complexity index is 301. The molecule has 0 amide bonds. The molecule has 0 saturated heterocycles. The average Bonchev–Trinajstić information content (AvgIpc) is 2.52. The molecule has 0 aliphatic rings. The highest BCUT2D eigenvalue weighted by Crippen LogP contribution is 2.21. The Kier molecular flexibility index (Phi) is 3.96. The maximum atomic E-state index is 5.58. The number of aryl methyl sites for hydroxylation is 1. The Hall–Kier alpha value is -1.02. The van der Waals surface area contributed by atoms with Crippen LogP contribution in [0.15, 0.2) is 28.7 Å². The molecule has 0 bridgehead atoms. The van der Waals surface area contributed by atoms with Gasteiger partial charge in [0, 0.05) is 0 Å². The number of nitrogens with one attached hydrogen (secondary N) is 1. The lowest BCUT2D eigenvalue weighted by Gasteiger charge is -2.15. The van der Waals surface area contributed by atoms with Gasteiger partial charge in [-0.05, 0) is 38.9 Å². The SMILES string of the molecule is C=C(C)C(NCCC)c1ccc(C)o1. The van der Waals surface area contributed by atoms with Crippen LogP contribution in [-0.2, 0) is 0 Å². The van der Waals surface area contributed by atoms with Gasteiger partial charge in [-0.3, -0.25) is 0 Å². The smallest absolute Gasteiger partial charge is 0.125 e. The summed E-state index contributed by atoms with van der Waals surface area (Å²) in [6.45, 7) is 11.1. The molecule has 0 fully saturated rings.